The van der Waals surface area contributed by atoms with Gasteiger partial charge in [-0.1, -0.05) is 31.2 Å². The lowest BCUT2D eigenvalue weighted by molar-refractivity contribution is -0.384. The van der Waals surface area contributed by atoms with E-state index in [-0.39, 0.29) is 93.2 Å². The molecule has 0 heterocycles. The smallest absolute Gasteiger partial charge is 0.352 e. The Labute approximate surface area is 323 Å². The number of nitro benzene ring substituents is 2. The highest BCUT2D eigenvalue weighted by Gasteiger charge is 2.36. The maximum absolute atomic E-state index is 13.2. The van der Waals surface area contributed by atoms with Crippen LogP contribution >= 0.6 is 15.2 Å². The fourth-order valence-electron chi connectivity index (χ4n) is 5.62. The van der Waals surface area contributed by atoms with Crippen LogP contribution in [0.5, 0.6) is 0 Å². The molecule has 308 valence electrons. The molecule has 0 saturated carbocycles. The van der Waals surface area contributed by atoms with Crippen LogP contribution in [0.25, 0.3) is 21.5 Å². The summed E-state index contributed by atoms with van der Waals surface area (Å²) in [7, 11) is -15.3. The van der Waals surface area contributed by atoms with Crippen LogP contribution in [0.15, 0.2) is 70.5 Å². The first kappa shape index (κ1) is 46.3. The van der Waals surface area contributed by atoms with Crippen molar-refractivity contribution >= 4 is 79.5 Å². The number of nitro groups is 2. The van der Waals surface area contributed by atoms with Gasteiger partial charge < -0.3 is 28.7 Å². The lowest BCUT2D eigenvalue weighted by Crippen LogP contribution is -2.22. The molecule has 0 radical (unpaired) electrons. The van der Waals surface area contributed by atoms with Crippen LogP contribution in [-0.4, -0.2) is 65.2 Å². The third kappa shape index (κ3) is 11.1. The van der Waals surface area contributed by atoms with E-state index in [2.05, 4.69) is 10.6 Å². The Morgan fingerprint density at radius 3 is 1.43 bits per heavy atom. The van der Waals surface area contributed by atoms with E-state index in [0.29, 0.717) is 0 Å². The molecule has 24 heteroatoms. The number of benzene rings is 4. The van der Waals surface area contributed by atoms with Gasteiger partial charge in [-0.2, -0.15) is 0 Å². The van der Waals surface area contributed by atoms with Gasteiger partial charge in [0.15, 0.2) is 0 Å². The Bertz CT molecular complexity index is 2380. The summed E-state index contributed by atoms with van der Waals surface area (Å²) < 4.78 is 94.4. The molecule has 0 spiro atoms. The summed E-state index contributed by atoms with van der Waals surface area (Å²) in [6.45, 7) is 8.86. The minimum Gasteiger partial charge on any atom is -0.368 e. The Hall–Kier alpha value is -4.08. The largest absolute Gasteiger partial charge is 0.368 e. The average molecular weight is 863 g/mol. The molecule has 0 saturated heterocycles. The number of nitrogens with one attached hydrogen (secondary N) is 2. The van der Waals surface area contributed by atoms with Crippen LogP contribution in [0.3, 0.4) is 0 Å². The highest BCUT2D eigenvalue weighted by atomic mass is 32.2. The van der Waals surface area contributed by atoms with Gasteiger partial charge in [-0.05, 0) is 58.4 Å². The lowest BCUT2D eigenvalue weighted by atomic mass is 10.1. The average Bonchev–Trinajstić information content (AvgIpc) is 3.11. The molecule has 4 aromatic rings. The van der Waals surface area contributed by atoms with Crippen molar-refractivity contribution < 1.29 is 53.9 Å². The van der Waals surface area contributed by atoms with Gasteiger partial charge in [0.1, 0.15) is 23.4 Å². The summed E-state index contributed by atoms with van der Waals surface area (Å²) in [6, 6.07) is 13.5. The van der Waals surface area contributed by atoms with Crippen LogP contribution in [0.1, 0.15) is 41.0 Å². The number of nitrogens with zero attached hydrogens (tertiary/aromatic N) is 2. The van der Waals surface area contributed by atoms with Gasteiger partial charge in [0, 0.05) is 33.7 Å². The first-order valence-electron chi connectivity index (χ1n) is 16.9. The van der Waals surface area contributed by atoms with Crippen LogP contribution in [0.4, 0.5) is 22.7 Å². The van der Waals surface area contributed by atoms with Crippen molar-refractivity contribution in [3.63, 3.8) is 0 Å². The molecule has 6 N–H and O–H groups in total. The van der Waals surface area contributed by atoms with Gasteiger partial charge in [0.05, 0.1) is 46.1 Å². The number of sulfonamides is 2. The molecule has 1 unspecified atom stereocenters. The maximum atomic E-state index is 13.2. The molecule has 0 fully saturated rings. The molecule has 0 aliphatic heterocycles. The Morgan fingerprint density at radius 1 is 0.643 bits per heavy atom. The lowest BCUT2D eigenvalue weighted by Gasteiger charge is -2.27. The highest BCUT2D eigenvalue weighted by Crippen LogP contribution is 2.55. The molecule has 56 heavy (non-hydrogen) atoms. The van der Waals surface area contributed by atoms with E-state index < -0.39 is 50.9 Å². The van der Waals surface area contributed by atoms with E-state index in [1.807, 2.05) is 0 Å². The Morgan fingerprint density at radius 2 is 1.05 bits per heavy atom. The predicted molar refractivity (Wildman–Crippen MR) is 212 cm³/mol. The van der Waals surface area contributed by atoms with Crippen molar-refractivity contribution in [3.05, 3.63) is 80.9 Å². The number of anilines is 2. The van der Waals surface area contributed by atoms with E-state index in [0.717, 1.165) is 6.07 Å². The Balaban J connectivity index is 0.000000301. The van der Waals surface area contributed by atoms with Crippen molar-refractivity contribution in [1.82, 2.24) is 0 Å². The predicted octanol–water partition coefficient (Wildman–Crippen LogP) is 6.84. The number of primary sulfonamides is 2. The Kier molecular flexibility index (Phi) is 16.0. The molecule has 0 bridgehead atoms. The minimum absolute atomic E-state index is 0.00244. The van der Waals surface area contributed by atoms with E-state index in [9.17, 15) is 46.2 Å². The third-order valence-electron chi connectivity index (χ3n) is 7.80. The normalized spacial score (nSPS) is 12.8. The zero-order valence-electron chi connectivity index (χ0n) is 31.1. The quantitative estimate of drug-likeness (QED) is 0.0426. The van der Waals surface area contributed by atoms with Crippen LogP contribution in [0, 0.1) is 20.2 Å². The molecule has 0 aliphatic rings. The second-order valence-corrected chi connectivity index (χ2v) is 18.8. The molecule has 4 rings (SSSR count). The van der Waals surface area contributed by atoms with E-state index >= 15 is 0 Å². The van der Waals surface area contributed by atoms with Gasteiger partial charge in [-0.25, -0.2) is 27.1 Å². The van der Waals surface area contributed by atoms with Crippen molar-refractivity contribution in [2.75, 3.05) is 43.3 Å². The topological polar surface area (TPSA) is 302 Å². The first-order chi connectivity index (χ1) is 26.2. The molecule has 20 nitrogen and oxygen atoms in total. The van der Waals surface area contributed by atoms with Crippen molar-refractivity contribution in [2.45, 2.75) is 56.6 Å². The SMILES string of the molecule is CCOP(=O)(CNc1c([N+](=O)[O-])ccc2c(S(N)(=O)=O)cccc12)OCC.CCOP(=O)(OCC)C(CC)Nc1c([N+](=O)[O-])ccc2c(S(N)(=O)=O)cccc12. The van der Waals surface area contributed by atoms with Gasteiger partial charge in [-0.3, -0.25) is 29.4 Å². The van der Waals surface area contributed by atoms with Crippen molar-refractivity contribution in [1.29, 1.82) is 0 Å². The van der Waals surface area contributed by atoms with E-state index in [1.165, 1.54) is 54.6 Å². The van der Waals surface area contributed by atoms with E-state index in [4.69, 9.17) is 28.4 Å². The maximum Gasteiger partial charge on any atom is 0.352 e. The number of hydrogen-bond donors (Lipinski definition) is 4. The van der Waals surface area contributed by atoms with Gasteiger partial charge >= 0.3 is 15.2 Å². The van der Waals surface area contributed by atoms with Gasteiger partial charge in [-0.15, -0.1) is 0 Å². The molecule has 1 atom stereocenters. The van der Waals surface area contributed by atoms with Crippen LogP contribution in [0.2, 0.25) is 0 Å². The summed E-state index contributed by atoms with van der Waals surface area (Å²) in [5.41, 5.74) is -0.595. The summed E-state index contributed by atoms with van der Waals surface area (Å²) in [5, 5.41) is 40.1. The summed E-state index contributed by atoms with van der Waals surface area (Å²) in [6.07, 6.45) is -0.0477. The molecule has 4 aromatic carbocycles. The first-order valence-corrected chi connectivity index (χ1v) is 23.4. The molecule has 0 amide bonds. The second-order valence-electron chi connectivity index (χ2n) is 11.5. The van der Waals surface area contributed by atoms with E-state index in [1.54, 1.807) is 34.6 Å². The fraction of sp³-hybridized carbons (Fsp3) is 0.375. The molecule has 0 aromatic heterocycles. The summed E-state index contributed by atoms with van der Waals surface area (Å²) >= 11 is 0. The summed E-state index contributed by atoms with van der Waals surface area (Å²) in [4.78, 5) is 21.5. The highest BCUT2D eigenvalue weighted by molar-refractivity contribution is 7.89. The van der Waals surface area contributed by atoms with Crippen molar-refractivity contribution in [2.24, 2.45) is 10.3 Å². The van der Waals surface area contributed by atoms with Gasteiger partial charge in [0.25, 0.3) is 11.4 Å². The number of fused-ring (bicyclic) bond motifs is 2. The minimum atomic E-state index is -4.06. The van der Waals surface area contributed by atoms with Crippen LogP contribution in [-0.2, 0) is 47.3 Å². The standard InChI is InChI=1S/C17H24N3O7PS.C15H20N3O7PS/c1-4-16(28(23,26-5-2)27-6-3)19-17-13-8-7-9-15(29(18,24)25)12(13)10-11-14(17)20(21)22;1-3-24-26(21,25-4-2)10-17-15-12-6-5-7-14(27(16,22)23)11(12)8-9-13(15)18(19)20/h7-11,16,19H,4-6H2,1-3H3,(H2,18,24,25);5-9,17H,3-4,10H2,1-2H3,(H2,16,22,23). The summed E-state index contributed by atoms with van der Waals surface area (Å²) in [5.74, 6) is -0.884. The molecule has 0 aliphatic carbocycles. The zero-order valence-corrected chi connectivity index (χ0v) is 34.5. The number of hydrogen-bond acceptors (Lipinski definition) is 16. The monoisotopic (exact) mass is 862 g/mol. The molecular formula is C32H44N6O14P2S2. The van der Waals surface area contributed by atoms with Gasteiger partial charge in [0.2, 0.25) is 20.0 Å². The zero-order chi connectivity index (χ0) is 42.1. The fourth-order valence-corrected chi connectivity index (χ4v) is 10.4. The van der Waals surface area contributed by atoms with Crippen LogP contribution < -0.4 is 20.9 Å². The van der Waals surface area contributed by atoms with Crippen molar-refractivity contribution in [3.8, 4) is 0 Å². The second kappa shape index (κ2) is 19.4. The third-order valence-corrected chi connectivity index (χ3v) is 14.1. The molecular weight excluding hydrogens is 818 g/mol. The number of rotatable bonds is 19. The number of nitrogens with two attached hydrogens (primary N) is 2.